The minimum atomic E-state index is 0.216. The number of hydrogen-bond acceptors (Lipinski definition) is 1. The SMILES string of the molecule is CCC(C)(CN)Cc1ccc(Cl)cc1. The Morgan fingerprint density at radius 1 is 1.29 bits per heavy atom. The lowest BCUT2D eigenvalue weighted by molar-refractivity contribution is 0.320. The van der Waals surface area contributed by atoms with Crippen LogP contribution in [0.4, 0.5) is 0 Å². The maximum Gasteiger partial charge on any atom is 0.0406 e. The summed E-state index contributed by atoms with van der Waals surface area (Å²) in [6.07, 6.45) is 2.13. The first kappa shape index (κ1) is 11.5. The molecule has 0 fully saturated rings. The number of halogens is 1. The molecule has 0 aliphatic heterocycles. The Labute approximate surface area is 91.3 Å². The quantitative estimate of drug-likeness (QED) is 0.813. The molecule has 78 valence electrons. The lowest BCUT2D eigenvalue weighted by Gasteiger charge is -2.26. The summed E-state index contributed by atoms with van der Waals surface area (Å²) in [6.45, 7) is 5.14. The largest absolute Gasteiger partial charge is 0.330 e. The highest BCUT2D eigenvalue weighted by Crippen LogP contribution is 2.25. The minimum Gasteiger partial charge on any atom is -0.330 e. The third-order valence-electron chi connectivity index (χ3n) is 2.89. The van der Waals surface area contributed by atoms with Gasteiger partial charge in [-0.15, -0.1) is 0 Å². The molecule has 1 unspecified atom stereocenters. The molecule has 0 aliphatic rings. The number of nitrogens with two attached hydrogens (primary N) is 1. The molecule has 1 aromatic rings. The Morgan fingerprint density at radius 2 is 1.86 bits per heavy atom. The van der Waals surface area contributed by atoms with Crippen LogP contribution in [0.5, 0.6) is 0 Å². The van der Waals surface area contributed by atoms with E-state index >= 15 is 0 Å². The maximum atomic E-state index is 5.83. The lowest BCUT2D eigenvalue weighted by atomic mass is 9.81. The van der Waals surface area contributed by atoms with Crippen LogP contribution in [-0.2, 0) is 6.42 Å². The summed E-state index contributed by atoms with van der Waals surface area (Å²) >= 11 is 5.83. The molecule has 0 amide bonds. The summed E-state index contributed by atoms with van der Waals surface area (Å²) in [7, 11) is 0. The van der Waals surface area contributed by atoms with E-state index in [1.54, 1.807) is 0 Å². The van der Waals surface area contributed by atoms with Crippen molar-refractivity contribution in [1.29, 1.82) is 0 Å². The van der Waals surface area contributed by atoms with Crippen molar-refractivity contribution in [3.8, 4) is 0 Å². The van der Waals surface area contributed by atoms with Crippen molar-refractivity contribution in [2.45, 2.75) is 26.7 Å². The van der Waals surface area contributed by atoms with E-state index in [1.807, 2.05) is 12.1 Å². The summed E-state index contributed by atoms with van der Waals surface area (Å²) in [4.78, 5) is 0. The highest BCUT2D eigenvalue weighted by Gasteiger charge is 2.20. The molecule has 1 rings (SSSR count). The lowest BCUT2D eigenvalue weighted by Crippen LogP contribution is -2.28. The molecule has 0 aliphatic carbocycles. The molecule has 14 heavy (non-hydrogen) atoms. The van der Waals surface area contributed by atoms with Crippen molar-refractivity contribution in [1.82, 2.24) is 0 Å². The molecule has 1 aromatic carbocycles. The first-order chi connectivity index (χ1) is 6.59. The third-order valence-corrected chi connectivity index (χ3v) is 3.14. The Hall–Kier alpha value is -0.530. The van der Waals surface area contributed by atoms with Crippen molar-refractivity contribution in [2.24, 2.45) is 11.1 Å². The predicted molar refractivity (Wildman–Crippen MR) is 62.6 cm³/mol. The zero-order chi connectivity index (χ0) is 10.6. The van der Waals surface area contributed by atoms with Gasteiger partial charge in [0, 0.05) is 5.02 Å². The molecule has 2 N–H and O–H groups in total. The van der Waals surface area contributed by atoms with Gasteiger partial charge in [0.25, 0.3) is 0 Å². The fraction of sp³-hybridized carbons (Fsp3) is 0.500. The van der Waals surface area contributed by atoms with Gasteiger partial charge in [-0.05, 0) is 42.5 Å². The molecule has 1 atom stereocenters. The van der Waals surface area contributed by atoms with Gasteiger partial charge in [0.05, 0.1) is 0 Å². The topological polar surface area (TPSA) is 26.0 Å². The van der Waals surface area contributed by atoms with Crippen molar-refractivity contribution >= 4 is 11.6 Å². The van der Waals surface area contributed by atoms with Gasteiger partial charge in [0.2, 0.25) is 0 Å². The Bertz CT molecular complexity index is 275. The molecule has 0 saturated carbocycles. The minimum absolute atomic E-state index is 0.216. The monoisotopic (exact) mass is 211 g/mol. The molecule has 0 heterocycles. The first-order valence-electron chi connectivity index (χ1n) is 5.04. The average Bonchev–Trinajstić information content (AvgIpc) is 2.21. The highest BCUT2D eigenvalue weighted by molar-refractivity contribution is 6.30. The van der Waals surface area contributed by atoms with Crippen LogP contribution in [0.25, 0.3) is 0 Å². The van der Waals surface area contributed by atoms with Gasteiger partial charge < -0.3 is 5.73 Å². The fourth-order valence-electron chi connectivity index (χ4n) is 1.44. The van der Waals surface area contributed by atoms with Crippen LogP contribution in [-0.4, -0.2) is 6.54 Å². The number of hydrogen-bond donors (Lipinski definition) is 1. The highest BCUT2D eigenvalue weighted by atomic mass is 35.5. The van der Waals surface area contributed by atoms with Crippen molar-refractivity contribution in [3.63, 3.8) is 0 Å². The molecule has 0 saturated heterocycles. The van der Waals surface area contributed by atoms with Crippen LogP contribution in [0.15, 0.2) is 24.3 Å². The van der Waals surface area contributed by atoms with Gasteiger partial charge in [0.1, 0.15) is 0 Å². The van der Waals surface area contributed by atoms with E-state index < -0.39 is 0 Å². The summed E-state index contributed by atoms with van der Waals surface area (Å²) in [5, 5.41) is 0.791. The molecular weight excluding hydrogens is 194 g/mol. The molecule has 0 radical (unpaired) electrons. The summed E-state index contributed by atoms with van der Waals surface area (Å²) in [5.41, 5.74) is 7.29. The second kappa shape index (κ2) is 4.81. The van der Waals surface area contributed by atoms with Crippen molar-refractivity contribution in [3.05, 3.63) is 34.9 Å². The Morgan fingerprint density at radius 3 is 2.29 bits per heavy atom. The normalized spacial score (nSPS) is 15.1. The molecule has 1 nitrogen and oxygen atoms in total. The van der Waals surface area contributed by atoms with Crippen LogP contribution in [0.3, 0.4) is 0 Å². The summed E-state index contributed by atoms with van der Waals surface area (Å²) in [6, 6.07) is 8.02. The second-order valence-corrected chi connectivity index (χ2v) is 4.61. The zero-order valence-corrected chi connectivity index (χ0v) is 9.64. The standard InChI is InChI=1S/C12H18ClN/c1-3-12(2,9-14)8-10-4-6-11(13)7-5-10/h4-7H,3,8-9,14H2,1-2H3. The maximum absolute atomic E-state index is 5.83. The molecule has 2 heteroatoms. The Balaban J connectivity index is 2.72. The van der Waals surface area contributed by atoms with Crippen molar-refractivity contribution < 1.29 is 0 Å². The molecule has 0 aromatic heterocycles. The van der Waals surface area contributed by atoms with Gasteiger partial charge in [-0.3, -0.25) is 0 Å². The van der Waals surface area contributed by atoms with Gasteiger partial charge in [-0.1, -0.05) is 37.6 Å². The van der Waals surface area contributed by atoms with Crippen LogP contribution < -0.4 is 5.73 Å². The van der Waals surface area contributed by atoms with Crippen LogP contribution in [0.2, 0.25) is 5.02 Å². The van der Waals surface area contributed by atoms with E-state index in [4.69, 9.17) is 17.3 Å². The van der Waals surface area contributed by atoms with E-state index in [0.717, 1.165) is 24.4 Å². The zero-order valence-electron chi connectivity index (χ0n) is 8.89. The number of rotatable bonds is 4. The van der Waals surface area contributed by atoms with E-state index in [2.05, 4.69) is 26.0 Å². The van der Waals surface area contributed by atoms with Gasteiger partial charge in [0.15, 0.2) is 0 Å². The predicted octanol–water partition coefficient (Wildman–Crippen LogP) is 3.26. The first-order valence-corrected chi connectivity index (χ1v) is 5.42. The van der Waals surface area contributed by atoms with Crippen molar-refractivity contribution in [2.75, 3.05) is 6.54 Å². The molecule has 0 bridgehead atoms. The van der Waals surface area contributed by atoms with Gasteiger partial charge in [-0.2, -0.15) is 0 Å². The van der Waals surface area contributed by atoms with E-state index in [1.165, 1.54) is 5.56 Å². The van der Waals surface area contributed by atoms with E-state index in [0.29, 0.717) is 0 Å². The Kier molecular flexibility index (Phi) is 3.97. The van der Waals surface area contributed by atoms with Crippen LogP contribution in [0, 0.1) is 5.41 Å². The summed E-state index contributed by atoms with van der Waals surface area (Å²) in [5.74, 6) is 0. The molecular formula is C12H18ClN. The smallest absolute Gasteiger partial charge is 0.0406 e. The number of benzene rings is 1. The van der Waals surface area contributed by atoms with Gasteiger partial charge in [-0.25, -0.2) is 0 Å². The third kappa shape index (κ3) is 3.00. The average molecular weight is 212 g/mol. The van der Waals surface area contributed by atoms with E-state index in [-0.39, 0.29) is 5.41 Å². The van der Waals surface area contributed by atoms with Crippen LogP contribution in [0.1, 0.15) is 25.8 Å². The summed E-state index contributed by atoms with van der Waals surface area (Å²) < 4.78 is 0. The van der Waals surface area contributed by atoms with Crippen LogP contribution >= 0.6 is 11.6 Å². The second-order valence-electron chi connectivity index (χ2n) is 4.17. The molecule has 0 spiro atoms. The van der Waals surface area contributed by atoms with E-state index in [9.17, 15) is 0 Å². The van der Waals surface area contributed by atoms with Gasteiger partial charge >= 0.3 is 0 Å². The fourth-order valence-corrected chi connectivity index (χ4v) is 1.56.